The van der Waals surface area contributed by atoms with Crippen molar-refractivity contribution in [3.63, 3.8) is 0 Å². The number of nitro groups is 1. The van der Waals surface area contributed by atoms with E-state index in [9.17, 15) is 14.9 Å². The summed E-state index contributed by atoms with van der Waals surface area (Å²) in [6.45, 7) is 1.08. The van der Waals surface area contributed by atoms with Gasteiger partial charge in [-0.15, -0.1) is 0 Å². The largest absolute Gasteiger partial charge is 0.383 e. The van der Waals surface area contributed by atoms with E-state index in [4.69, 9.17) is 16.3 Å². The van der Waals surface area contributed by atoms with Crippen molar-refractivity contribution in [2.75, 3.05) is 25.6 Å². The summed E-state index contributed by atoms with van der Waals surface area (Å²) in [5.41, 5.74) is 1.15. The van der Waals surface area contributed by atoms with E-state index in [0.717, 1.165) is 5.56 Å². The van der Waals surface area contributed by atoms with Crippen molar-refractivity contribution >= 4 is 28.9 Å². The number of hydrogen-bond donors (Lipinski definition) is 2. The molecule has 0 aliphatic carbocycles. The van der Waals surface area contributed by atoms with Crippen LogP contribution in [0.4, 0.5) is 11.4 Å². The molecule has 0 bridgehead atoms. The lowest BCUT2D eigenvalue weighted by Gasteiger charge is -2.09. The summed E-state index contributed by atoms with van der Waals surface area (Å²) in [5, 5.41) is 17.4. The van der Waals surface area contributed by atoms with Crippen LogP contribution in [0.5, 0.6) is 0 Å². The summed E-state index contributed by atoms with van der Waals surface area (Å²) in [7, 11) is 1.54. The Bertz CT molecular complexity index is 767. The first kappa shape index (κ1) is 18.7. The van der Waals surface area contributed by atoms with Crippen LogP contribution in [0, 0.1) is 10.1 Å². The number of carbonyl (C=O) groups excluding carboxylic acids is 1. The average molecular weight is 364 g/mol. The third-order valence-corrected chi connectivity index (χ3v) is 3.84. The van der Waals surface area contributed by atoms with Gasteiger partial charge in [-0.1, -0.05) is 29.8 Å². The maximum absolute atomic E-state index is 12.3. The van der Waals surface area contributed by atoms with E-state index < -0.39 is 10.8 Å². The highest BCUT2D eigenvalue weighted by Crippen LogP contribution is 2.25. The van der Waals surface area contributed by atoms with Crippen molar-refractivity contribution in [1.29, 1.82) is 0 Å². The number of ether oxygens (including phenoxy) is 1. The van der Waals surface area contributed by atoms with Gasteiger partial charge in [-0.05, 0) is 23.8 Å². The number of anilines is 1. The predicted octanol–water partition coefficient (Wildman–Crippen LogP) is 3.24. The Morgan fingerprint density at radius 1 is 1.28 bits per heavy atom. The standard InChI is InChI=1S/C17H18ClN3O4/c1-25-9-8-19-15-7-6-12(10-16(15)21(23)24)17(22)20-11-13-4-2-3-5-14(13)18/h2-7,10,19H,8-9,11H2,1H3,(H,20,22). The van der Waals surface area contributed by atoms with Gasteiger partial charge in [-0.3, -0.25) is 14.9 Å². The molecule has 2 rings (SSSR count). The molecule has 0 aliphatic heterocycles. The number of nitrogens with zero attached hydrogens (tertiary/aromatic N) is 1. The molecule has 0 saturated carbocycles. The molecule has 0 spiro atoms. The van der Waals surface area contributed by atoms with Gasteiger partial charge in [-0.2, -0.15) is 0 Å². The second kappa shape index (κ2) is 9.00. The molecule has 0 aromatic heterocycles. The molecule has 25 heavy (non-hydrogen) atoms. The molecule has 132 valence electrons. The minimum absolute atomic E-state index is 0.165. The van der Waals surface area contributed by atoms with Gasteiger partial charge in [0, 0.05) is 36.9 Å². The van der Waals surface area contributed by atoms with Crippen LogP contribution in [0.2, 0.25) is 5.02 Å². The topological polar surface area (TPSA) is 93.5 Å². The highest BCUT2D eigenvalue weighted by molar-refractivity contribution is 6.31. The first-order valence-electron chi connectivity index (χ1n) is 7.55. The van der Waals surface area contributed by atoms with Gasteiger partial charge in [0.1, 0.15) is 5.69 Å². The zero-order chi connectivity index (χ0) is 18.2. The van der Waals surface area contributed by atoms with E-state index in [1.807, 2.05) is 6.07 Å². The van der Waals surface area contributed by atoms with Crippen molar-refractivity contribution in [2.24, 2.45) is 0 Å². The van der Waals surface area contributed by atoms with Crippen LogP contribution in [0.25, 0.3) is 0 Å². The Hall–Kier alpha value is -2.64. The Balaban J connectivity index is 2.10. The number of hydrogen-bond acceptors (Lipinski definition) is 5. The number of amides is 1. The summed E-state index contributed by atoms with van der Waals surface area (Å²) in [4.78, 5) is 23.0. The number of carbonyl (C=O) groups is 1. The Kier molecular flexibility index (Phi) is 6.73. The minimum atomic E-state index is -0.528. The highest BCUT2D eigenvalue weighted by atomic mass is 35.5. The number of halogens is 1. The Morgan fingerprint density at radius 2 is 2.04 bits per heavy atom. The molecule has 0 atom stereocenters. The fraction of sp³-hybridized carbons (Fsp3) is 0.235. The molecule has 7 nitrogen and oxygen atoms in total. The number of methoxy groups -OCH3 is 1. The molecule has 1 amide bonds. The molecule has 0 fully saturated rings. The monoisotopic (exact) mass is 363 g/mol. The van der Waals surface area contributed by atoms with Gasteiger partial charge < -0.3 is 15.4 Å². The summed E-state index contributed by atoms with van der Waals surface area (Å²) >= 11 is 6.04. The summed E-state index contributed by atoms with van der Waals surface area (Å²) in [6, 6.07) is 11.4. The Labute approximate surface area is 150 Å². The quantitative estimate of drug-likeness (QED) is 0.426. The number of nitro benzene ring substituents is 1. The van der Waals surface area contributed by atoms with Crippen LogP contribution in [0.3, 0.4) is 0 Å². The fourth-order valence-electron chi connectivity index (χ4n) is 2.18. The van der Waals surface area contributed by atoms with E-state index >= 15 is 0 Å². The average Bonchev–Trinajstić information content (AvgIpc) is 2.61. The lowest BCUT2D eigenvalue weighted by atomic mass is 10.1. The first-order chi connectivity index (χ1) is 12.0. The SMILES string of the molecule is COCCNc1ccc(C(=O)NCc2ccccc2Cl)cc1[N+](=O)[O-]. The smallest absolute Gasteiger partial charge is 0.293 e. The van der Waals surface area contributed by atoms with Gasteiger partial charge in [0.25, 0.3) is 11.6 Å². The molecular weight excluding hydrogens is 346 g/mol. The predicted molar refractivity (Wildman–Crippen MR) is 96.1 cm³/mol. The molecule has 2 aromatic carbocycles. The second-order valence-electron chi connectivity index (χ2n) is 5.18. The fourth-order valence-corrected chi connectivity index (χ4v) is 2.38. The molecule has 0 saturated heterocycles. The summed E-state index contributed by atoms with van der Waals surface area (Å²) < 4.78 is 4.90. The second-order valence-corrected chi connectivity index (χ2v) is 5.59. The molecule has 0 radical (unpaired) electrons. The molecule has 8 heteroatoms. The normalized spacial score (nSPS) is 10.3. The highest BCUT2D eigenvalue weighted by Gasteiger charge is 2.17. The zero-order valence-electron chi connectivity index (χ0n) is 13.6. The van der Waals surface area contributed by atoms with Gasteiger partial charge in [0.15, 0.2) is 0 Å². The minimum Gasteiger partial charge on any atom is -0.383 e. The van der Waals surface area contributed by atoms with Crippen LogP contribution in [0.1, 0.15) is 15.9 Å². The van der Waals surface area contributed by atoms with E-state index in [2.05, 4.69) is 10.6 Å². The van der Waals surface area contributed by atoms with Crippen molar-refractivity contribution in [3.05, 3.63) is 68.7 Å². The molecule has 0 unspecified atom stereocenters. The van der Waals surface area contributed by atoms with Crippen LogP contribution < -0.4 is 10.6 Å². The third-order valence-electron chi connectivity index (χ3n) is 3.48. The number of benzene rings is 2. The van der Waals surface area contributed by atoms with E-state index in [-0.39, 0.29) is 17.8 Å². The van der Waals surface area contributed by atoms with Crippen molar-refractivity contribution in [3.8, 4) is 0 Å². The molecular formula is C17H18ClN3O4. The van der Waals surface area contributed by atoms with Crippen LogP contribution in [0.15, 0.2) is 42.5 Å². The van der Waals surface area contributed by atoms with Gasteiger partial charge >= 0.3 is 0 Å². The van der Waals surface area contributed by atoms with Gasteiger partial charge in [0.05, 0.1) is 11.5 Å². The number of nitrogens with one attached hydrogen (secondary N) is 2. The lowest BCUT2D eigenvalue weighted by molar-refractivity contribution is -0.384. The van der Waals surface area contributed by atoms with Gasteiger partial charge in [0.2, 0.25) is 0 Å². The van der Waals surface area contributed by atoms with Gasteiger partial charge in [-0.25, -0.2) is 0 Å². The zero-order valence-corrected chi connectivity index (χ0v) is 14.4. The van der Waals surface area contributed by atoms with E-state index in [0.29, 0.717) is 23.9 Å². The van der Waals surface area contributed by atoms with Crippen LogP contribution >= 0.6 is 11.6 Å². The van der Waals surface area contributed by atoms with Crippen molar-refractivity contribution in [2.45, 2.75) is 6.54 Å². The molecule has 2 N–H and O–H groups in total. The molecule has 0 aliphatic rings. The lowest BCUT2D eigenvalue weighted by Crippen LogP contribution is -2.23. The van der Waals surface area contributed by atoms with Crippen molar-refractivity contribution < 1.29 is 14.5 Å². The third kappa shape index (κ3) is 5.17. The van der Waals surface area contributed by atoms with E-state index in [1.165, 1.54) is 18.2 Å². The number of rotatable bonds is 8. The summed E-state index contributed by atoms with van der Waals surface area (Å²) in [6.07, 6.45) is 0. The van der Waals surface area contributed by atoms with Crippen molar-refractivity contribution in [1.82, 2.24) is 5.32 Å². The molecule has 0 heterocycles. The van der Waals surface area contributed by atoms with Crippen LogP contribution in [-0.2, 0) is 11.3 Å². The van der Waals surface area contributed by atoms with Crippen LogP contribution in [-0.4, -0.2) is 31.1 Å². The molecule has 2 aromatic rings. The maximum Gasteiger partial charge on any atom is 0.293 e. The maximum atomic E-state index is 12.3. The Morgan fingerprint density at radius 3 is 2.72 bits per heavy atom. The van der Waals surface area contributed by atoms with E-state index in [1.54, 1.807) is 25.3 Å². The summed E-state index contributed by atoms with van der Waals surface area (Å²) in [5.74, 6) is -0.411. The first-order valence-corrected chi connectivity index (χ1v) is 7.93.